The van der Waals surface area contributed by atoms with Crippen molar-refractivity contribution >= 4 is 5.91 Å². The molecule has 1 saturated carbocycles. The van der Waals surface area contributed by atoms with Gasteiger partial charge in [0, 0.05) is 0 Å². The summed E-state index contributed by atoms with van der Waals surface area (Å²) in [5.41, 5.74) is 0. The zero-order chi connectivity index (χ0) is 11.1. The summed E-state index contributed by atoms with van der Waals surface area (Å²) in [7, 11) is 0. The highest BCUT2D eigenvalue weighted by atomic mass is 16.3. The molecule has 1 rings (SSSR count). The monoisotopic (exact) mass is 214 g/mol. The van der Waals surface area contributed by atoms with E-state index in [1.165, 1.54) is 0 Å². The number of aliphatic hydroxyl groups excluding tert-OH is 1. The van der Waals surface area contributed by atoms with Gasteiger partial charge in [0.1, 0.15) is 0 Å². The van der Waals surface area contributed by atoms with E-state index in [1.807, 2.05) is 0 Å². The summed E-state index contributed by atoms with van der Waals surface area (Å²) < 4.78 is 0. The fourth-order valence-corrected chi connectivity index (χ4v) is 1.92. The molecule has 0 unspecified atom stereocenters. The number of aliphatic hydroxyl groups is 1. The highest BCUT2D eigenvalue weighted by Gasteiger charge is 2.23. The fraction of sp³-hybridized carbons (Fsp3) is 0.909. The van der Waals surface area contributed by atoms with Crippen LogP contribution >= 0.6 is 0 Å². The van der Waals surface area contributed by atoms with Crippen molar-refractivity contribution in [1.29, 1.82) is 0 Å². The number of rotatable bonds is 5. The van der Waals surface area contributed by atoms with Gasteiger partial charge >= 0.3 is 0 Å². The van der Waals surface area contributed by atoms with Gasteiger partial charge in [-0.3, -0.25) is 4.79 Å². The Morgan fingerprint density at radius 3 is 2.80 bits per heavy atom. The number of hydrogen-bond donors (Lipinski definition) is 3. The molecule has 0 spiro atoms. The molecule has 0 aromatic heterocycles. The molecule has 0 aromatic carbocycles. The Morgan fingerprint density at radius 2 is 2.13 bits per heavy atom. The third-order valence-corrected chi connectivity index (χ3v) is 2.79. The highest BCUT2D eigenvalue weighted by molar-refractivity contribution is 5.78. The van der Waals surface area contributed by atoms with Crippen molar-refractivity contribution in [3.8, 4) is 0 Å². The molecule has 1 amide bonds. The topological polar surface area (TPSA) is 61.4 Å². The molecule has 4 nitrogen and oxygen atoms in total. The third-order valence-electron chi connectivity index (χ3n) is 2.79. The summed E-state index contributed by atoms with van der Waals surface area (Å²) >= 11 is 0. The van der Waals surface area contributed by atoms with Gasteiger partial charge in [0.05, 0.1) is 18.7 Å². The van der Waals surface area contributed by atoms with E-state index < -0.39 is 0 Å². The van der Waals surface area contributed by atoms with Crippen LogP contribution in [0.3, 0.4) is 0 Å². The Bertz CT molecular complexity index is 197. The van der Waals surface area contributed by atoms with E-state index >= 15 is 0 Å². The van der Waals surface area contributed by atoms with Gasteiger partial charge in [-0.05, 0) is 25.8 Å². The Balaban J connectivity index is 2.18. The summed E-state index contributed by atoms with van der Waals surface area (Å²) in [6.07, 6.45) is 4.56. The Labute approximate surface area is 91.4 Å². The molecule has 0 heterocycles. The lowest BCUT2D eigenvalue weighted by molar-refractivity contribution is -0.122. The van der Waals surface area contributed by atoms with Crippen molar-refractivity contribution < 1.29 is 9.90 Å². The van der Waals surface area contributed by atoms with Crippen LogP contribution in [-0.2, 0) is 4.79 Å². The van der Waals surface area contributed by atoms with Gasteiger partial charge in [-0.15, -0.1) is 0 Å². The van der Waals surface area contributed by atoms with Gasteiger partial charge in [0.2, 0.25) is 5.91 Å². The maximum atomic E-state index is 11.4. The number of hydrogen-bond acceptors (Lipinski definition) is 3. The standard InChI is InChI=1S/C11H22N2O2/c1-2-7-12-8-11(15)13-9-5-3-4-6-10(9)14/h9-10,12,14H,2-8H2,1H3,(H,13,15)/t9-,10-/m1/s1. The number of nitrogens with one attached hydrogen (secondary N) is 2. The maximum absolute atomic E-state index is 11.4. The van der Waals surface area contributed by atoms with Crippen LogP contribution in [0, 0.1) is 0 Å². The summed E-state index contributed by atoms with van der Waals surface area (Å²) in [4.78, 5) is 11.4. The minimum Gasteiger partial charge on any atom is -0.391 e. The summed E-state index contributed by atoms with van der Waals surface area (Å²) in [5.74, 6) is -0.00519. The second-order valence-electron chi connectivity index (χ2n) is 4.20. The molecule has 2 atom stereocenters. The van der Waals surface area contributed by atoms with Crippen LogP contribution < -0.4 is 10.6 Å². The molecular formula is C11H22N2O2. The van der Waals surface area contributed by atoms with Crippen LogP contribution in [0.25, 0.3) is 0 Å². The summed E-state index contributed by atoms with van der Waals surface area (Å²) in [5, 5.41) is 15.6. The summed E-state index contributed by atoms with van der Waals surface area (Å²) in [6, 6.07) is -0.0327. The molecule has 1 aliphatic carbocycles. The lowest BCUT2D eigenvalue weighted by Crippen LogP contribution is -2.47. The van der Waals surface area contributed by atoms with Gasteiger partial charge in [-0.2, -0.15) is 0 Å². The predicted molar refractivity (Wildman–Crippen MR) is 59.6 cm³/mol. The molecule has 4 heteroatoms. The first-order chi connectivity index (χ1) is 7.24. The zero-order valence-electron chi connectivity index (χ0n) is 9.46. The number of carbonyl (C=O) groups is 1. The quantitative estimate of drug-likeness (QED) is 0.581. The maximum Gasteiger partial charge on any atom is 0.234 e. The van der Waals surface area contributed by atoms with Gasteiger partial charge in [0.15, 0.2) is 0 Å². The fourth-order valence-electron chi connectivity index (χ4n) is 1.92. The minimum atomic E-state index is -0.353. The van der Waals surface area contributed by atoms with Crippen molar-refractivity contribution in [3.05, 3.63) is 0 Å². The molecule has 88 valence electrons. The van der Waals surface area contributed by atoms with E-state index in [9.17, 15) is 9.90 Å². The lowest BCUT2D eigenvalue weighted by Gasteiger charge is -2.28. The Morgan fingerprint density at radius 1 is 1.40 bits per heavy atom. The van der Waals surface area contributed by atoms with Crippen LogP contribution in [-0.4, -0.2) is 36.2 Å². The van der Waals surface area contributed by atoms with Crippen molar-refractivity contribution in [2.24, 2.45) is 0 Å². The predicted octanol–water partition coefficient (Wildman–Crippen LogP) is 0.406. The average Bonchev–Trinajstić information content (AvgIpc) is 2.22. The highest BCUT2D eigenvalue weighted by Crippen LogP contribution is 2.17. The first-order valence-corrected chi connectivity index (χ1v) is 5.92. The molecule has 1 fully saturated rings. The smallest absolute Gasteiger partial charge is 0.234 e. The van der Waals surface area contributed by atoms with Crippen molar-refractivity contribution in [3.63, 3.8) is 0 Å². The molecule has 3 N–H and O–H groups in total. The van der Waals surface area contributed by atoms with Crippen molar-refractivity contribution in [1.82, 2.24) is 10.6 Å². The molecule has 0 bridgehead atoms. The molecule has 0 saturated heterocycles. The largest absolute Gasteiger partial charge is 0.391 e. The molecule has 15 heavy (non-hydrogen) atoms. The Hall–Kier alpha value is -0.610. The molecule has 0 radical (unpaired) electrons. The van der Waals surface area contributed by atoms with E-state index in [4.69, 9.17) is 0 Å². The number of carbonyl (C=O) groups excluding carboxylic acids is 1. The van der Waals surface area contributed by atoms with Crippen molar-refractivity contribution in [2.45, 2.75) is 51.2 Å². The SMILES string of the molecule is CCCNCC(=O)N[C@@H]1CCCC[C@H]1O. The molecule has 1 aliphatic rings. The molecule has 0 aromatic rings. The minimum absolute atomic E-state index is 0.00519. The van der Waals surface area contributed by atoms with Gasteiger partial charge in [0.25, 0.3) is 0 Å². The Kier molecular flexibility index (Phi) is 5.65. The van der Waals surface area contributed by atoms with E-state index in [0.717, 1.165) is 38.6 Å². The zero-order valence-corrected chi connectivity index (χ0v) is 9.46. The van der Waals surface area contributed by atoms with E-state index in [1.54, 1.807) is 0 Å². The second kappa shape index (κ2) is 6.80. The normalized spacial score (nSPS) is 26.3. The van der Waals surface area contributed by atoms with Crippen LogP contribution in [0.15, 0.2) is 0 Å². The first kappa shape index (κ1) is 12.5. The van der Waals surface area contributed by atoms with Crippen molar-refractivity contribution in [2.75, 3.05) is 13.1 Å². The van der Waals surface area contributed by atoms with Crippen LogP contribution in [0.1, 0.15) is 39.0 Å². The van der Waals surface area contributed by atoms with E-state index in [-0.39, 0.29) is 18.1 Å². The third kappa shape index (κ3) is 4.62. The van der Waals surface area contributed by atoms with Gasteiger partial charge in [-0.1, -0.05) is 19.8 Å². The average molecular weight is 214 g/mol. The molecule has 0 aliphatic heterocycles. The van der Waals surface area contributed by atoms with Gasteiger partial charge < -0.3 is 15.7 Å². The second-order valence-corrected chi connectivity index (χ2v) is 4.20. The summed E-state index contributed by atoms with van der Waals surface area (Å²) in [6.45, 7) is 3.29. The van der Waals surface area contributed by atoms with E-state index in [0.29, 0.717) is 6.54 Å². The first-order valence-electron chi connectivity index (χ1n) is 5.92. The molecular weight excluding hydrogens is 192 g/mol. The number of amides is 1. The van der Waals surface area contributed by atoms with Crippen LogP contribution in [0.4, 0.5) is 0 Å². The van der Waals surface area contributed by atoms with Crippen LogP contribution in [0.2, 0.25) is 0 Å². The van der Waals surface area contributed by atoms with Crippen LogP contribution in [0.5, 0.6) is 0 Å². The van der Waals surface area contributed by atoms with E-state index in [2.05, 4.69) is 17.6 Å². The lowest BCUT2D eigenvalue weighted by atomic mass is 9.92. The van der Waals surface area contributed by atoms with Gasteiger partial charge in [-0.25, -0.2) is 0 Å².